The van der Waals surface area contributed by atoms with Gasteiger partial charge in [-0.3, -0.25) is 14.2 Å². The number of rotatable bonds is 5. The maximum atomic E-state index is 12.4. The molecule has 1 amide bonds. The molecule has 0 fully saturated rings. The molecule has 7 heteroatoms. The normalized spacial score (nSPS) is 10.5. The summed E-state index contributed by atoms with van der Waals surface area (Å²) in [7, 11) is 1.58. The van der Waals surface area contributed by atoms with Crippen molar-refractivity contribution in [3.05, 3.63) is 74.6 Å². The number of carbonyl (C=O) groups excluding carboxylic acids is 1. The number of hydrogen-bond acceptors (Lipinski definition) is 5. The molecule has 2 aromatic heterocycles. The van der Waals surface area contributed by atoms with Gasteiger partial charge in [0.2, 0.25) is 0 Å². The molecule has 3 aromatic rings. The van der Waals surface area contributed by atoms with Crippen LogP contribution in [0.15, 0.2) is 52.8 Å². The Labute approximate surface area is 148 Å². The van der Waals surface area contributed by atoms with E-state index in [4.69, 9.17) is 4.74 Å². The number of thiazole rings is 1. The maximum Gasteiger partial charge on any atom is 0.255 e. The molecule has 0 radical (unpaired) electrons. The summed E-state index contributed by atoms with van der Waals surface area (Å²) >= 11 is 1.50. The van der Waals surface area contributed by atoms with Gasteiger partial charge < -0.3 is 10.1 Å². The molecular formula is C18H17N3O3S. The van der Waals surface area contributed by atoms with Crippen molar-refractivity contribution in [2.24, 2.45) is 0 Å². The minimum absolute atomic E-state index is 0.211. The van der Waals surface area contributed by atoms with E-state index < -0.39 is 0 Å². The monoisotopic (exact) mass is 355 g/mol. The number of ether oxygens (including phenoxy) is 1. The third-order valence-corrected chi connectivity index (χ3v) is 4.56. The first-order valence-corrected chi connectivity index (χ1v) is 8.51. The zero-order valence-corrected chi connectivity index (χ0v) is 14.7. The molecule has 0 aliphatic heterocycles. The molecule has 128 valence electrons. The van der Waals surface area contributed by atoms with Gasteiger partial charge in [0.05, 0.1) is 19.2 Å². The van der Waals surface area contributed by atoms with Gasteiger partial charge in [0, 0.05) is 29.0 Å². The van der Waals surface area contributed by atoms with E-state index in [0.29, 0.717) is 23.5 Å². The second-order valence-electron chi connectivity index (χ2n) is 5.39. The minimum Gasteiger partial charge on any atom is -0.497 e. The number of nitrogens with zero attached hydrogens (tertiary/aromatic N) is 2. The lowest BCUT2D eigenvalue weighted by Gasteiger charge is -2.09. The van der Waals surface area contributed by atoms with Crippen LogP contribution in [0.5, 0.6) is 5.75 Å². The summed E-state index contributed by atoms with van der Waals surface area (Å²) in [6.07, 6.45) is 1.53. The Morgan fingerprint density at radius 3 is 2.64 bits per heavy atom. The number of benzene rings is 1. The highest BCUT2D eigenvalue weighted by atomic mass is 32.1. The summed E-state index contributed by atoms with van der Waals surface area (Å²) in [5.74, 6) is 0.444. The fraction of sp³-hybridized carbons (Fsp3) is 0.167. The molecule has 0 saturated carbocycles. The predicted octanol–water partition coefficient (Wildman–Crippen LogP) is 2.54. The summed E-state index contributed by atoms with van der Waals surface area (Å²) in [5, 5.41) is 5.60. The molecule has 0 spiro atoms. The molecule has 0 aliphatic rings. The van der Waals surface area contributed by atoms with E-state index in [1.807, 2.05) is 12.3 Å². The van der Waals surface area contributed by atoms with Gasteiger partial charge in [-0.2, -0.15) is 0 Å². The summed E-state index contributed by atoms with van der Waals surface area (Å²) < 4.78 is 6.55. The Bertz CT molecular complexity index is 945. The highest BCUT2D eigenvalue weighted by Gasteiger charge is 2.10. The quantitative estimate of drug-likeness (QED) is 0.763. The molecule has 25 heavy (non-hydrogen) atoms. The third-order valence-electron chi connectivity index (χ3n) is 3.59. The van der Waals surface area contributed by atoms with Crippen molar-refractivity contribution in [3.8, 4) is 11.4 Å². The number of methoxy groups -OCH3 is 1. The maximum absolute atomic E-state index is 12.4. The molecule has 1 N–H and O–H groups in total. The average molecular weight is 355 g/mol. The minimum atomic E-state index is -0.255. The number of aromatic nitrogens is 2. The molecule has 0 unspecified atom stereocenters. The van der Waals surface area contributed by atoms with E-state index in [9.17, 15) is 9.59 Å². The number of hydrogen-bond donors (Lipinski definition) is 1. The number of nitrogens with one attached hydrogen (secondary N) is 1. The van der Waals surface area contributed by atoms with Crippen molar-refractivity contribution >= 4 is 17.2 Å². The number of pyridine rings is 1. The Hall–Kier alpha value is -2.93. The number of carbonyl (C=O) groups is 1. The van der Waals surface area contributed by atoms with Crippen molar-refractivity contribution in [1.82, 2.24) is 14.9 Å². The fourth-order valence-corrected chi connectivity index (χ4v) is 3.02. The van der Waals surface area contributed by atoms with Crippen LogP contribution in [0.2, 0.25) is 0 Å². The first-order valence-electron chi connectivity index (χ1n) is 7.63. The second-order valence-corrected chi connectivity index (χ2v) is 6.33. The van der Waals surface area contributed by atoms with Gasteiger partial charge in [0.1, 0.15) is 10.8 Å². The number of aryl methyl sites for hydroxylation is 1. The summed E-state index contributed by atoms with van der Waals surface area (Å²) in [6, 6.07) is 9.95. The van der Waals surface area contributed by atoms with Crippen LogP contribution >= 0.6 is 11.3 Å². The van der Waals surface area contributed by atoms with Gasteiger partial charge in [-0.1, -0.05) is 0 Å². The van der Waals surface area contributed by atoms with Crippen molar-refractivity contribution < 1.29 is 9.53 Å². The van der Waals surface area contributed by atoms with Gasteiger partial charge >= 0.3 is 0 Å². The van der Waals surface area contributed by atoms with E-state index in [1.165, 1.54) is 34.2 Å². The molecule has 3 rings (SSSR count). The number of amides is 1. The third kappa shape index (κ3) is 3.95. The van der Waals surface area contributed by atoms with Gasteiger partial charge in [-0.25, -0.2) is 4.98 Å². The van der Waals surface area contributed by atoms with Crippen LogP contribution in [0, 0.1) is 6.92 Å². The zero-order chi connectivity index (χ0) is 17.8. The fourth-order valence-electron chi connectivity index (χ4n) is 2.31. The van der Waals surface area contributed by atoms with Gasteiger partial charge in [0.15, 0.2) is 0 Å². The van der Waals surface area contributed by atoms with Gasteiger partial charge in [-0.05, 0) is 37.3 Å². The molecule has 0 bridgehead atoms. The van der Waals surface area contributed by atoms with E-state index in [-0.39, 0.29) is 11.5 Å². The van der Waals surface area contributed by atoms with Crippen LogP contribution < -0.4 is 15.6 Å². The second kappa shape index (κ2) is 7.31. The molecule has 2 heterocycles. The van der Waals surface area contributed by atoms with Crippen LogP contribution in [0.1, 0.15) is 21.1 Å². The molecular weight excluding hydrogens is 338 g/mol. The van der Waals surface area contributed by atoms with Crippen LogP contribution in [0.25, 0.3) is 5.69 Å². The smallest absolute Gasteiger partial charge is 0.255 e. The SMILES string of the molecule is COc1ccc(-n2cc(C(=O)NCc3nc(C)cs3)ccc2=O)cc1. The molecule has 1 aromatic carbocycles. The van der Waals surface area contributed by atoms with E-state index in [1.54, 1.807) is 31.4 Å². The topological polar surface area (TPSA) is 73.2 Å². The first-order chi connectivity index (χ1) is 12.1. The van der Waals surface area contributed by atoms with E-state index in [0.717, 1.165) is 10.7 Å². The van der Waals surface area contributed by atoms with Gasteiger partial charge in [-0.15, -0.1) is 11.3 Å². The van der Waals surface area contributed by atoms with Crippen molar-refractivity contribution in [2.75, 3.05) is 7.11 Å². The van der Waals surface area contributed by atoms with Gasteiger partial charge in [0.25, 0.3) is 11.5 Å². The predicted molar refractivity (Wildman–Crippen MR) is 96.6 cm³/mol. The summed E-state index contributed by atoms with van der Waals surface area (Å²) in [4.78, 5) is 28.8. The van der Waals surface area contributed by atoms with Crippen LogP contribution in [-0.4, -0.2) is 22.6 Å². The Kier molecular flexibility index (Phi) is 4.95. The lowest BCUT2D eigenvalue weighted by molar-refractivity contribution is 0.0950. The summed E-state index contributed by atoms with van der Waals surface area (Å²) in [5.41, 5.74) is 1.79. The Morgan fingerprint density at radius 1 is 1.24 bits per heavy atom. The molecule has 6 nitrogen and oxygen atoms in total. The Morgan fingerprint density at radius 2 is 2.00 bits per heavy atom. The highest BCUT2D eigenvalue weighted by Crippen LogP contribution is 2.14. The molecule has 0 aliphatic carbocycles. The van der Waals surface area contributed by atoms with Crippen molar-refractivity contribution in [2.45, 2.75) is 13.5 Å². The highest BCUT2D eigenvalue weighted by molar-refractivity contribution is 7.09. The molecule has 0 saturated heterocycles. The summed E-state index contributed by atoms with van der Waals surface area (Å²) in [6.45, 7) is 2.27. The van der Waals surface area contributed by atoms with E-state index >= 15 is 0 Å². The van der Waals surface area contributed by atoms with Crippen LogP contribution in [-0.2, 0) is 6.54 Å². The standard InChI is InChI=1S/C18H17N3O3S/c1-12-11-25-16(20-12)9-19-18(23)13-3-8-17(22)21(10-13)14-4-6-15(24-2)7-5-14/h3-8,10-11H,9H2,1-2H3,(H,19,23). The van der Waals surface area contributed by atoms with E-state index in [2.05, 4.69) is 10.3 Å². The lowest BCUT2D eigenvalue weighted by atomic mass is 10.2. The first kappa shape index (κ1) is 16.9. The van der Waals surface area contributed by atoms with Crippen LogP contribution in [0.4, 0.5) is 0 Å². The van der Waals surface area contributed by atoms with Crippen molar-refractivity contribution in [3.63, 3.8) is 0 Å². The zero-order valence-electron chi connectivity index (χ0n) is 13.9. The lowest BCUT2D eigenvalue weighted by Crippen LogP contribution is -2.25. The van der Waals surface area contributed by atoms with Crippen molar-refractivity contribution in [1.29, 1.82) is 0 Å². The average Bonchev–Trinajstić information content (AvgIpc) is 3.05. The molecule has 0 atom stereocenters. The van der Waals surface area contributed by atoms with Crippen LogP contribution in [0.3, 0.4) is 0 Å². The Balaban J connectivity index is 1.80. The largest absolute Gasteiger partial charge is 0.497 e.